The van der Waals surface area contributed by atoms with Gasteiger partial charge < -0.3 is 14.6 Å². The summed E-state index contributed by atoms with van der Waals surface area (Å²) < 4.78 is 13.2. The lowest BCUT2D eigenvalue weighted by Gasteiger charge is -2.39. The molecule has 0 saturated heterocycles. The number of ether oxygens (including phenoxy) is 2. The van der Waals surface area contributed by atoms with Gasteiger partial charge in [-0.2, -0.15) is 0 Å². The third kappa shape index (κ3) is 4.03. The van der Waals surface area contributed by atoms with E-state index in [2.05, 4.69) is 30.3 Å². The molecule has 4 aromatic rings. The van der Waals surface area contributed by atoms with Crippen molar-refractivity contribution in [1.82, 2.24) is 4.57 Å². The van der Waals surface area contributed by atoms with Crippen molar-refractivity contribution in [2.24, 2.45) is 10.9 Å². The molecule has 1 N–H and O–H groups in total. The number of phenols is 1. The Morgan fingerprint density at radius 2 is 1.95 bits per heavy atom. The quantitative estimate of drug-likeness (QED) is 0.415. The molecule has 0 amide bonds. The molecule has 0 unspecified atom stereocenters. The number of thiazole rings is 1. The number of aromatic nitrogens is 1. The van der Waals surface area contributed by atoms with Gasteiger partial charge >= 0.3 is 0 Å². The highest BCUT2D eigenvalue weighted by atomic mass is 35.5. The Morgan fingerprint density at radius 3 is 2.76 bits per heavy atom. The number of rotatable bonds is 4. The molecule has 3 aromatic carbocycles. The van der Waals surface area contributed by atoms with E-state index < -0.39 is 0 Å². The number of methoxy groups -OCH3 is 2. The predicted molar refractivity (Wildman–Crippen MR) is 145 cm³/mol. The van der Waals surface area contributed by atoms with Gasteiger partial charge in [0.25, 0.3) is 5.56 Å². The molecule has 1 aliphatic carbocycles. The second kappa shape index (κ2) is 9.39. The predicted octanol–water partition coefficient (Wildman–Crippen LogP) is 4.64. The lowest BCUT2D eigenvalue weighted by atomic mass is 9.74. The van der Waals surface area contributed by atoms with Gasteiger partial charge in [-0.05, 0) is 65.4 Å². The number of nitrogens with zero attached hydrogens (tertiary/aromatic N) is 2. The van der Waals surface area contributed by atoms with Crippen LogP contribution in [0.5, 0.6) is 17.2 Å². The van der Waals surface area contributed by atoms with Gasteiger partial charge in [0.1, 0.15) is 5.75 Å². The van der Waals surface area contributed by atoms with E-state index in [1.807, 2.05) is 22.8 Å². The maximum atomic E-state index is 13.9. The van der Waals surface area contributed by atoms with Crippen LogP contribution >= 0.6 is 22.9 Å². The summed E-state index contributed by atoms with van der Waals surface area (Å²) in [5.41, 5.74) is 4.15. The summed E-state index contributed by atoms with van der Waals surface area (Å²) in [6.45, 7) is 0. The summed E-state index contributed by atoms with van der Waals surface area (Å²) in [7, 11) is 3.12. The van der Waals surface area contributed by atoms with Crippen molar-refractivity contribution in [2.75, 3.05) is 14.2 Å². The molecule has 2 heterocycles. The second-order valence-corrected chi connectivity index (χ2v) is 10.7. The average molecular weight is 533 g/mol. The van der Waals surface area contributed by atoms with E-state index >= 15 is 0 Å². The van der Waals surface area contributed by atoms with Gasteiger partial charge in [-0.1, -0.05) is 59.3 Å². The molecule has 6 nitrogen and oxygen atoms in total. The van der Waals surface area contributed by atoms with E-state index in [9.17, 15) is 9.90 Å². The van der Waals surface area contributed by atoms with Gasteiger partial charge in [0, 0.05) is 5.92 Å². The fourth-order valence-corrected chi connectivity index (χ4v) is 6.85. The van der Waals surface area contributed by atoms with Crippen molar-refractivity contribution in [3.05, 3.63) is 108 Å². The molecule has 0 spiro atoms. The zero-order valence-corrected chi connectivity index (χ0v) is 21.9. The summed E-state index contributed by atoms with van der Waals surface area (Å²) in [6, 6.07) is 19.5. The molecule has 0 saturated carbocycles. The topological polar surface area (TPSA) is 73.1 Å². The van der Waals surface area contributed by atoms with Crippen molar-refractivity contribution < 1.29 is 14.6 Å². The number of hydrogen-bond acceptors (Lipinski definition) is 6. The summed E-state index contributed by atoms with van der Waals surface area (Å²) >= 11 is 7.58. The Labute approximate surface area is 222 Å². The van der Waals surface area contributed by atoms with Gasteiger partial charge in [0.15, 0.2) is 16.3 Å². The SMILES string of the molecule is COc1cccc([C@@H]2[C@H]3CCc4ccccc4[C@@H]3N=c3s/c(=C\c4cc(Cl)c(O)c(OC)c4)c(=O)n32)c1. The molecule has 0 radical (unpaired) electrons. The molecule has 0 fully saturated rings. The highest BCUT2D eigenvalue weighted by molar-refractivity contribution is 7.07. The first-order valence-corrected chi connectivity index (χ1v) is 13.3. The monoisotopic (exact) mass is 532 g/mol. The van der Waals surface area contributed by atoms with Gasteiger partial charge in [-0.25, -0.2) is 0 Å². The van der Waals surface area contributed by atoms with Crippen molar-refractivity contribution in [1.29, 1.82) is 0 Å². The van der Waals surface area contributed by atoms with E-state index in [1.165, 1.54) is 29.6 Å². The molecule has 6 rings (SSSR count). The molecule has 37 heavy (non-hydrogen) atoms. The van der Waals surface area contributed by atoms with Gasteiger partial charge in [0.05, 0.1) is 35.9 Å². The summed E-state index contributed by atoms with van der Waals surface area (Å²) in [5, 5.41) is 10.3. The van der Waals surface area contributed by atoms with E-state index in [1.54, 1.807) is 25.3 Å². The van der Waals surface area contributed by atoms with Crippen LogP contribution in [0.3, 0.4) is 0 Å². The maximum Gasteiger partial charge on any atom is 0.270 e. The number of phenolic OH excluding ortho intramolecular Hbond substituents is 1. The number of aromatic hydroxyl groups is 1. The standard InChI is InChI=1S/C29H25ClN2O4S/c1-35-19-8-5-7-18(15-19)26-21-11-10-17-6-3-4-9-20(17)25(21)31-29-32(26)28(34)24(37-29)14-16-12-22(30)27(33)23(13-16)36-2/h3-9,12-15,21,25-26,33H,10-11H2,1-2H3/b24-14-/t21-,25-,26+/m0/s1. The summed E-state index contributed by atoms with van der Waals surface area (Å²) in [6.07, 6.45) is 3.66. The molecule has 3 atom stereocenters. The second-order valence-electron chi connectivity index (χ2n) is 9.32. The average Bonchev–Trinajstić information content (AvgIpc) is 3.23. The van der Waals surface area contributed by atoms with Crippen LogP contribution in [0.1, 0.15) is 40.8 Å². The maximum absolute atomic E-state index is 13.9. The van der Waals surface area contributed by atoms with E-state index in [-0.39, 0.29) is 40.1 Å². The minimum Gasteiger partial charge on any atom is -0.503 e. The molecular formula is C29H25ClN2O4S. The third-order valence-corrected chi connectivity index (χ3v) is 8.59. The lowest BCUT2D eigenvalue weighted by molar-refractivity contribution is 0.252. The number of aryl methyl sites for hydroxylation is 1. The first kappa shape index (κ1) is 23.8. The molecule has 8 heteroatoms. The minimum absolute atomic E-state index is 0.0322. The fraction of sp³-hybridized carbons (Fsp3) is 0.241. The molecule has 188 valence electrons. The molecular weight excluding hydrogens is 508 g/mol. The van der Waals surface area contributed by atoms with Crippen molar-refractivity contribution in [3.63, 3.8) is 0 Å². The lowest BCUT2D eigenvalue weighted by Crippen LogP contribution is -2.44. The van der Waals surface area contributed by atoms with Crippen LogP contribution in [0, 0.1) is 5.92 Å². The van der Waals surface area contributed by atoms with Crippen LogP contribution in [-0.2, 0) is 6.42 Å². The first-order valence-electron chi connectivity index (χ1n) is 12.1. The number of hydrogen-bond donors (Lipinski definition) is 1. The Balaban J connectivity index is 1.59. The fourth-order valence-electron chi connectivity index (χ4n) is 5.60. The van der Waals surface area contributed by atoms with Crippen LogP contribution in [0.15, 0.2) is 70.5 Å². The van der Waals surface area contributed by atoms with Crippen LogP contribution in [0.25, 0.3) is 6.08 Å². The Hall–Kier alpha value is -3.55. The Bertz CT molecular complexity index is 1690. The largest absolute Gasteiger partial charge is 0.503 e. The van der Waals surface area contributed by atoms with Crippen molar-refractivity contribution >= 4 is 29.0 Å². The Morgan fingerprint density at radius 1 is 1.11 bits per heavy atom. The highest BCUT2D eigenvalue weighted by Gasteiger charge is 2.40. The zero-order chi connectivity index (χ0) is 25.7. The Kier molecular flexibility index (Phi) is 6.05. The zero-order valence-electron chi connectivity index (χ0n) is 20.3. The van der Waals surface area contributed by atoms with Gasteiger partial charge in [-0.3, -0.25) is 14.4 Å². The minimum atomic E-state index is -0.176. The molecule has 2 aliphatic rings. The van der Waals surface area contributed by atoms with Crippen molar-refractivity contribution in [3.8, 4) is 17.2 Å². The van der Waals surface area contributed by atoms with E-state index in [0.29, 0.717) is 14.9 Å². The van der Waals surface area contributed by atoms with Gasteiger partial charge in [0.2, 0.25) is 0 Å². The molecule has 1 aliphatic heterocycles. The summed E-state index contributed by atoms with van der Waals surface area (Å²) in [5.74, 6) is 1.02. The summed E-state index contributed by atoms with van der Waals surface area (Å²) in [4.78, 5) is 19.8. The van der Waals surface area contributed by atoms with Crippen molar-refractivity contribution in [2.45, 2.75) is 24.9 Å². The van der Waals surface area contributed by atoms with Crippen LogP contribution < -0.4 is 24.4 Å². The number of halogens is 1. The first-order chi connectivity index (χ1) is 18.0. The van der Waals surface area contributed by atoms with E-state index in [0.717, 1.165) is 24.2 Å². The van der Waals surface area contributed by atoms with Crippen LogP contribution in [0.2, 0.25) is 5.02 Å². The highest BCUT2D eigenvalue weighted by Crippen LogP contribution is 2.46. The molecule has 1 aromatic heterocycles. The molecule has 0 bridgehead atoms. The smallest absolute Gasteiger partial charge is 0.270 e. The number of benzene rings is 3. The number of fused-ring (bicyclic) bond motifs is 4. The van der Waals surface area contributed by atoms with Gasteiger partial charge in [-0.15, -0.1) is 0 Å². The normalized spacial score (nSPS) is 20.4. The third-order valence-electron chi connectivity index (χ3n) is 7.30. The van der Waals surface area contributed by atoms with E-state index in [4.69, 9.17) is 26.1 Å². The van der Waals surface area contributed by atoms with Crippen LogP contribution in [-0.4, -0.2) is 23.9 Å². The van der Waals surface area contributed by atoms with Crippen LogP contribution in [0.4, 0.5) is 0 Å².